The van der Waals surface area contributed by atoms with Crippen molar-refractivity contribution in [3.05, 3.63) is 29.8 Å². The van der Waals surface area contributed by atoms with Crippen LogP contribution in [0.15, 0.2) is 29.2 Å². The molecule has 2 N–H and O–H groups in total. The number of halogens is 1. The minimum atomic E-state index is -3.39. The summed E-state index contributed by atoms with van der Waals surface area (Å²) in [5.74, 6) is 0.722. The highest BCUT2D eigenvalue weighted by molar-refractivity contribution is 7.89. The summed E-state index contributed by atoms with van der Waals surface area (Å²) >= 11 is 0. The number of rotatable bonds is 5. The molecule has 1 saturated heterocycles. The van der Waals surface area contributed by atoms with Crippen molar-refractivity contribution in [2.45, 2.75) is 37.5 Å². The Hall–Kier alpha value is -0.620. The Labute approximate surface area is 134 Å². The second-order valence-corrected chi connectivity index (χ2v) is 7.56. The van der Waals surface area contributed by atoms with E-state index < -0.39 is 10.0 Å². The topological polar surface area (TPSA) is 58.2 Å². The zero-order valence-electron chi connectivity index (χ0n) is 12.6. The molecule has 1 aromatic rings. The van der Waals surface area contributed by atoms with Crippen LogP contribution in [0.4, 0.5) is 0 Å². The second-order valence-electron chi connectivity index (χ2n) is 5.79. The minimum Gasteiger partial charge on any atom is -0.316 e. The molecule has 1 unspecified atom stereocenters. The molecule has 21 heavy (non-hydrogen) atoms. The molecule has 0 amide bonds. The maximum Gasteiger partial charge on any atom is 0.240 e. The fourth-order valence-electron chi connectivity index (χ4n) is 2.45. The van der Waals surface area contributed by atoms with Gasteiger partial charge in [0.25, 0.3) is 0 Å². The van der Waals surface area contributed by atoms with E-state index in [-0.39, 0.29) is 12.4 Å². The number of hydrogen-bond donors (Lipinski definition) is 2. The predicted octanol–water partition coefficient (Wildman–Crippen LogP) is 2.51. The van der Waals surface area contributed by atoms with E-state index >= 15 is 0 Å². The van der Waals surface area contributed by atoms with Crippen LogP contribution in [0.3, 0.4) is 0 Å². The molecule has 1 aliphatic rings. The Bertz CT molecular complexity index is 540. The quantitative estimate of drug-likeness (QED) is 0.871. The van der Waals surface area contributed by atoms with E-state index in [2.05, 4.69) is 23.9 Å². The van der Waals surface area contributed by atoms with Gasteiger partial charge >= 0.3 is 0 Å². The SMILES string of the molecule is CC(C)c1cccc(S(=O)(=O)NCC2CCCNC2)c1.Cl. The summed E-state index contributed by atoms with van der Waals surface area (Å²) in [4.78, 5) is 0.368. The first-order valence-electron chi connectivity index (χ1n) is 7.29. The van der Waals surface area contributed by atoms with Gasteiger partial charge in [-0.05, 0) is 55.5 Å². The van der Waals surface area contributed by atoms with Crippen molar-refractivity contribution in [3.63, 3.8) is 0 Å². The van der Waals surface area contributed by atoms with Crippen LogP contribution in [0.1, 0.15) is 38.2 Å². The molecule has 1 aromatic carbocycles. The van der Waals surface area contributed by atoms with E-state index in [0.717, 1.165) is 31.5 Å². The van der Waals surface area contributed by atoms with E-state index in [1.807, 2.05) is 12.1 Å². The summed E-state index contributed by atoms with van der Waals surface area (Å²) in [5, 5.41) is 3.30. The van der Waals surface area contributed by atoms with Crippen LogP contribution in [-0.4, -0.2) is 28.1 Å². The summed E-state index contributed by atoms with van der Waals surface area (Å²) in [7, 11) is -3.39. The molecular weight excluding hydrogens is 308 g/mol. The Morgan fingerprint density at radius 2 is 2.14 bits per heavy atom. The van der Waals surface area contributed by atoms with Gasteiger partial charge in [-0.15, -0.1) is 12.4 Å². The summed E-state index contributed by atoms with van der Waals surface area (Å²) in [6.45, 7) is 6.58. The monoisotopic (exact) mass is 332 g/mol. The van der Waals surface area contributed by atoms with E-state index in [0.29, 0.717) is 23.3 Å². The fourth-order valence-corrected chi connectivity index (χ4v) is 3.62. The van der Waals surface area contributed by atoms with Crippen molar-refractivity contribution in [2.24, 2.45) is 5.92 Å². The third-order valence-corrected chi connectivity index (χ3v) is 5.22. The van der Waals surface area contributed by atoms with Gasteiger partial charge in [-0.3, -0.25) is 0 Å². The Morgan fingerprint density at radius 3 is 2.76 bits per heavy atom. The molecule has 0 spiro atoms. The van der Waals surface area contributed by atoms with Gasteiger partial charge < -0.3 is 5.32 Å². The van der Waals surface area contributed by atoms with Crippen molar-refractivity contribution in [1.29, 1.82) is 0 Å². The molecule has 0 bridgehead atoms. The average Bonchev–Trinajstić information content (AvgIpc) is 2.46. The fraction of sp³-hybridized carbons (Fsp3) is 0.600. The van der Waals surface area contributed by atoms with Gasteiger partial charge in [0.15, 0.2) is 0 Å². The molecule has 4 nitrogen and oxygen atoms in total. The second kappa shape index (κ2) is 8.13. The minimum absolute atomic E-state index is 0. The maximum atomic E-state index is 12.3. The molecular formula is C15H25ClN2O2S. The van der Waals surface area contributed by atoms with Crippen LogP contribution in [0.2, 0.25) is 0 Å². The predicted molar refractivity (Wildman–Crippen MR) is 88.6 cm³/mol. The first-order chi connectivity index (χ1) is 9.49. The molecule has 0 saturated carbocycles. The zero-order chi connectivity index (χ0) is 14.6. The molecule has 120 valence electrons. The Morgan fingerprint density at radius 1 is 1.38 bits per heavy atom. The maximum absolute atomic E-state index is 12.3. The van der Waals surface area contributed by atoms with Crippen LogP contribution < -0.4 is 10.0 Å². The summed E-state index contributed by atoms with van der Waals surface area (Å²) < 4.78 is 27.4. The van der Waals surface area contributed by atoms with Crippen LogP contribution in [0, 0.1) is 5.92 Å². The number of nitrogens with one attached hydrogen (secondary N) is 2. The van der Waals surface area contributed by atoms with E-state index in [9.17, 15) is 8.42 Å². The third-order valence-electron chi connectivity index (χ3n) is 3.80. The molecule has 1 heterocycles. The standard InChI is InChI=1S/C15H24N2O2S.ClH/c1-12(2)14-6-3-7-15(9-14)20(18,19)17-11-13-5-4-8-16-10-13;/h3,6-7,9,12-13,16-17H,4-5,8,10-11H2,1-2H3;1H. The summed E-state index contributed by atoms with van der Waals surface area (Å²) in [6, 6.07) is 7.21. The normalized spacial score (nSPS) is 19.3. The largest absolute Gasteiger partial charge is 0.316 e. The lowest BCUT2D eigenvalue weighted by Crippen LogP contribution is -2.38. The first-order valence-corrected chi connectivity index (χ1v) is 8.77. The lowest BCUT2D eigenvalue weighted by atomic mass is 10.0. The summed E-state index contributed by atoms with van der Waals surface area (Å²) in [5.41, 5.74) is 1.05. The molecule has 2 rings (SSSR count). The van der Waals surface area contributed by atoms with Crippen LogP contribution in [0.5, 0.6) is 0 Å². The van der Waals surface area contributed by atoms with Crippen LogP contribution in [0.25, 0.3) is 0 Å². The number of piperidine rings is 1. The molecule has 0 aromatic heterocycles. The van der Waals surface area contributed by atoms with Gasteiger partial charge in [-0.1, -0.05) is 26.0 Å². The lowest BCUT2D eigenvalue weighted by molar-refractivity contribution is 0.376. The van der Waals surface area contributed by atoms with Crippen molar-refractivity contribution in [1.82, 2.24) is 10.0 Å². The number of sulfonamides is 1. The zero-order valence-corrected chi connectivity index (χ0v) is 14.3. The van der Waals surface area contributed by atoms with Crippen molar-refractivity contribution in [2.75, 3.05) is 19.6 Å². The van der Waals surface area contributed by atoms with Gasteiger partial charge in [0.2, 0.25) is 10.0 Å². The molecule has 1 atom stereocenters. The van der Waals surface area contributed by atoms with Gasteiger partial charge in [-0.2, -0.15) is 0 Å². The average molecular weight is 333 g/mol. The summed E-state index contributed by atoms with van der Waals surface area (Å²) in [6.07, 6.45) is 2.21. The van der Waals surface area contributed by atoms with Crippen molar-refractivity contribution in [3.8, 4) is 0 Å². The highest BCUT2D eigenvalue weighted by Crippen LogP contribution is 2.19. The number of benzene rings is 1. The molecule has 1 fully saturated rings. The lowest BCUT2D eigenvalue weighted by Gasteiger charge is -2.22. The molecule has 0 aliphatic carbocycles. The van der Waals surface area contributed by atoms with Gasteiger partial charge in [-0.25, -0.2) is 13.1 Å². The molecule has 1 aliphatic heterocycles. The first kappa shape index (κ1) is 18.4. The van der Waals surface area contributed by atoms with E-state index in [1.165, 1.54) is 0 Å². The Kier molecular flexibility index (Phi) is 7.13. The highest BCUT2D eigenvalue weighted by Gasteiger charge is 2.19. The van der Waals surface area contributed by atoms with Gasteiger partial charge in [0.1, 0.15) is 0 Å². The van der Waals surface area contributed by atoms with E-state index in [1.54, 1.807) is 12.1 Å². The van der Waals surface area contributed by atoms with Crippen LogP contribution >= 0.6 is 12.4 Å². The van der Waals surface area contributed by atoms with Gasteiger partial charge in [0, 0.05) is 6.54 Å². The van der Waals surface area contributed by atoms with Crippen molar-refractivity contribution < 1.29 is 8.42 Å². The van der Waals surface area contributed by atoms with Gasteiger partial charge in [0.05, 0.1) is 4.90 Å². The van der Waals surface area contributed by atoms with Crippen molar-refractivity contribution >= 4 is 22.4 Å². The van der Waals surface area contributed by atoms with E-state index in [4.69, 9.17) is 0 Å². The Balaban J connectivity index is 0.00000220. The highest BCUT2D eigenvalue weighted by atomic mass is 35.5. The number of hydrogen-bond acceptors (Lipinski definition) is 3. The molecule has 0 radical (unpaired) electrons. The smallest absolute Gasteiger partial charge is 0.240 e. The third kappa shape index (κ3) is 5.25. The van der Waals surface area contributed by atoms with Crippen LogP contribution in [-0.2, 0) is 10.0 Å². The molecule has 6 heteroatoms.